The maximum absolute atomic E-state index is 12.7. The average Bonchev–Trinajstić information content (AvgIpc) is 2.37. The number of esters is 1. The molecule has 0 bridgehead atoms. The molecule has 2 unspecified atom stereocenters. The molecule has 1 aliphatic heterocycles. The molecule has 0 spiro atoms. The normalized spacial score (nSPS) is 20.8. The van der Waals surface area contributed by atoms with Crippen molar-refractivity contribution in [3.8, 4) is 0 Å². The summed E-state index contributed by atoms with van der Waals surface area (Å²) in [5.41, 5.74) is 4.69. The molecule has 0 aromatic heterocycles. The molecule has 7 nitrogen and oxygen atoms in total. The molecule has 1 fully saturated rings. The summed E-state index contributed by atoms with van der Waals surface area (Å²) in [6.45, 7) is 7.84. The van der Waals surface area contributed by atoms with Gasteiger partial charge in [0.15, 0.2) is 0 Å². The van der Waals surface area contributed by atoms with Crippen molar-refractivity contribution < 1.29 is 23.9 Å². The molecule has 0 radical (unpaired) electrons. The van der Waals surface area contributed by atoms with Crippen LogP contribution in [0.15, 0.2) is 0 Å². The summed E-state index contributed by atoms with van der Waals surface area (Å²) in [5, 5.41) is 0. The first-order chi connectivity index (χ1) is 9.70. The first-order valence-electron chi connectivity index (χ1n) is 7.04. The number of nitrogens with two attached hydrogens (primary N) is 1. The predicted octanol–water partition coefficient (Wildman–Crippen LogP) is -0.0755. The second kappa shape index (κ2) is 6.89. The quantitative estimate of drug-likeness (QED) is 0.578. The van der Waals surface area contributed by atoms with Gasteiger partial charge in [-0.05, 0) is 12.3 Å². The van der Waals surface area contributed by atoms with Crippen LogP contribution in [0.1, 0.15) is 27.7 Å². The van der Waals surface area contributed by atoms with Crippen LogP contribution >= 0.6 is 0 Å². The molecule has 21 heavy (non-hydrogen) atoms. The number of hydrogen-bond acceptors (Lipinski definition) is 5. The van der Waals surface area contributed by atoms with Crippen molar-refractivity contribution in [2.24, 2.45) is 17.1 Å². The van der Waals surface area contributed by atoms with E-state index in [1.165, 1.54) is 4.90 Å². The number of nitrogens with zero attached hydrogens (tertiary/aromatic N) is 1. The van der Waals surface area contributed by atoms with Crippen molar-refractivity contribution >= 4 is 17.8 Å². The van der Waals surface area contributed by atoms with Gasteiger partial charge in [-0.3, -0.25) is 14.4 Å². The van der Waals surface area contributed by atoms with Crippen molar-refractivity contribution in [1.29, 1.82) is 0 Å². The van der Waals surface area contributed by atoms with Gasteiger partial charge in [0, 0.05) is 6.54 Å². The predicted molar refractivity (Wildman–Crippen MR) is 75.1 cm³/mol. The molecule has 1 saturated heterocycles. The highest BCUT2D eigenvalue weighted by Crippen LogP contribution is 2.30. The minimum atomic E-state index is -0.975. The van der Waals surface area contributed by atoms with Gasteiger partial charge in [-0.15, -0.1) is 0 Å². The van der Waals surface area contributed by atoms with E-state index in [2.05, 4.69) is 0 Å². The van der Waals surface area contributed by atoms with E-state index in [0.717, 1.165) is 0 Å². The van der Waals surface area contributed by atoms with Gasteiger partial charge in [0.25, 0.3) is 0 Å². The molecule has 2 atom stereocenters. The van der Waals surface area contributed by atoms with Crippen molar-refractivity contribution in [2.75, 3.05) is 26.4 Å². The van der Waals surface area contributed by atoms with Gasteiger partial charge in [0.1, 0.15) is 12.0 Å². The Labute approximate surface area is 124 Å². The molecule has 120 valence electrons. The SMILES string of the molecule is CCOC(=O)C(C(=O)N1CCOCC1C(N)=O)C(C)(C)C. The van der Waals surface area contributed by atoms with Gasteiger partial charge >= 0.3 is 5.97 Å². The minimum Gasteiger partial charge on any atom is -0.465 e. The van der Waals surface area contributed by atoms with Crippen LogP contribution in [0.5, 0.6) is 0 Å². The number of rotatable bonds is 4. The largest absolute Gasteiger partial charge is 0.465 e. The Morgan fingerprint density at radius 2 is 2.00 bits per heavy atom. The van der Waals surface area contributed by atoms with Crippen LogP contribution < -0.4 is 5.73 Å². The Bertz CT molecular complexity index is 416. The standard InChI is InChI=1S/C14H24N2O5/c1-5-21-13(19)10(14(2,3)4)12(18)16-6-7-20-8-9(16)11(15)17/h9-10H,5-8H2,1-4H3,(H2,15,17). The molecule has 1 rings (SSSR count). The molecule has 1 heterocycles. The highest BCUT2D eigenvalue weighted by Gasteiger charge is 2.44. The summed E-state index contributed by atoms with van der Waals surface area (Å²) in [6.07, 6.45) is 0. The second-order valence-corrected chi connectivity index (χ2v) is 6.08. The Kier molecular flexibility index (Phi) is 5.71. The molecule has 1 aliphatic rings. The molecule has 0 aromatic rings. The van der Waals surface area contributed by atoms with Crippen molar-refractivity contribution in [3.63, 3.8) is 0 Å². The third-order valence-electron chi connectivity index (χ3n) is 3.38. The first-order valence-corrected chi connectivity index (χ1v) is 7.04. The van der Waals surface area contributed by atoms with Gasteiger partial charge in [-0.25, -0.2) is 0 Å². The molecule has 7 heteroatoms. The summed E-state index contributed by atoms with van der Waals surface area (Å²) >= 11 is 0. The van der Waals surface area contributed by atoms with Gasteiger partial charge < -0.3 is 20.1 Å². The van der Waals surface area contributed by atoms with E-state index < -0.39 is 35.2 Å². The molecule has 0 aromatic carbocycles. The number of hydrogen-bond donors (Lipinski definition) is 1. The van der Waals surface area contributed by atoms with Gasteiger partial charge in [0.2, 0.25) is 11.8 Å². The zero-order chi connectivity index (χ0) is 16.2. The number of primary amides is 1. The zero-order valence-corrected chi connectivity index (χ0v) is 13.0. The number of ether oxygens (including phenoxy) is 2. The lowest BCUT2D eigenvalue weighted by molar-refractivity contribution is -0.166. The number of carbonyl (C=O) groups excluding carboxylic acids is 3. The van der Waals surface area contributed by atoms with Crippen molar-refractivity contribution in [3.05, 3.63) is 0 Å². The van der Waals surface area contributed by atoms with Crippen LogP contribution in [-0.2, 0) is 23.9 Å². The van der Waals surface area contributed by atoms with Crippen LogP contribution in [0.2, 0.25) is 0 Å². The van der Waals surface area contributed by atoms with Crippen LogP contribution in [0.25, 0.3) is 0 Å². The van der Waals surface area contributed by atoms with Gasteiger partial charge in [-0.2, -0.15) is 0 Å². The second-order valence-electron chi connectivity index (χ2n) is 6.08. The Morgan fingerprint density at radius 1 is 1.38 bits per heavy atom. The van der Waals surface area contributed by atoms with Crippen LogP contribution in [0, 0.1) is 11.3 Å². The smallest absolute Gasteiger partial charge is 0.319 e. The highest BCUT2D eigenvalue weighted by molar-refractivity contribution is 6.00. The third kappa shape index (κ3) is 4.17. The van der Waals surface area contributed by atoms with E-state index in [0.29, 0.717) is 6.61 Å². The summed E-state index contributed by atoms with van der Waals surface area (Å²) in [7, 11) is 0. The Balaban J connectivity index is 3.03. The van der Waals surface area contributed by atoms with Crippen LogP contribution in [-0.4, -0.2) is 55.1 Å². The van der Waals surface area contributed by atoms with E-state index in [4.69, 9.17) is 15.2 Å². The first kappa shape index (κ1) is 17.4. The maximum Gasteiger partial charge on any atom is 0.319 e. The summed E-state index contributed by atoms with van der Waals surface area (Å²) in [6, 6.07) is -0.842. The highest BCUT2D eigenvalue weighted by atomic mass is 16.5. The summed E-state index contributed by atoms with van der Waals surface area (Å²) in [4.78, 5) is 37.7. The maximum atomic E-state index is 12.7. The monoisotopic (exact) mass is 300 g/mol. The van der Waals surface area contributed by atoms with E-state index in [1.807, 2.05) is 0 Å². The third-order valence-corrected chi connectivity index (χ3v) is 3.38. The molecule has 0 saturated carbocycles. The van der Waals surface area contributed by atoms with Crippen molar-refractivity contribution in [2.45, 2.75) is 33.7 Å². The molecule has 2 N–H and O–H groups in total. The summed E-state index contributed by atoms with van der Waals surface area (Å²) in [5.74, 6) is -2.63. The topological polar surface area (TPSA) is 98.9 Å². The van der Waals surface area contributed by atoms with Crippen LogP contribution in [0.3, 0.4) is 0 Å². The average molecular weight is 300 g/mol. The fourth-order valence-electron chi connectivity index (χ4n) is 2.32. The van der Waals surface area contributed by atoms with Gasteiger partial charge in [0.05, 0.1) is 19.8 Å². The number of amides is 2. The Morgan fingerprint density at radius 3 is 2.48 bits per heavy atom. The summed E-state index contributed by atoms with van der Waals surface area (Å²) < 4.78 is 10.2. The van der Waals surface area contributed by atoms with E-state index >= 15 is 0 Å². The Hall–Kier alpha value is -1.63. The lowest BCUT2D eigenvalue weighted by Crippen LogP contribution is -2.58. The molecular weight excluding hydrogens is 276 g/mol. The lowest BCUT2D eigenvalue weighted by atomic mass is 9.79. The fourth-order valence-corrected chi connectivity index (χ4v) is 2.32. The number of carbonyl (C=O) groups is 3. The lowest BCUT2D eigenvalue weighted by Gasteiger charge is -2.38. The number of morpholine rings is 1. The van der Waals surface area contributed by atoms with E-state index in [9.17, 15) is 14.4 Å². The zero-order valence-electron chi connectivity index (χ0n) is 13.0. The molecular formula is C14H24N2O5. The van der Waals surface area contributed by atoms with Crippen LogP contribution in [0.4, 0.5) is 0 Å². The van der Waals surface area contributed by atoms with E-state index in [1.54, 1.807) is 27.7 Å². The van der Waals surface area contributed by atoms with Crippen molar-refractivity contribution in [1.82, 2.24) is 4.90 Å². The van der Waals surface area contributed by atoms with Gasteiger partial charge in [-0.1, -0.05) is 20.8 Å². The molecule has 2 amide bonds. The fraction of sp³-hybridized carbons (Fsp3) is 0.786. The molecule has 0 aliphatic carbocycles. The minimum absolute atomic E-state index is 0.0563. The van der Waals surface area contributed by atoms with E-state index in [-0.39, 0.29) is 19.8 Å².